The van der Waals surface area contributed by atoms with Gasteiger partial charge in [0, 0.05) is 74.8 Å². The summed E-state index contributed by atoms with van der Waals surface area (Å²) < 4.78 is 28.9. The van der Waals surface area contributed by atoms with Crippen molar-refractivity contribution < 1.29 is 13.3 Å². The van der Waals surface area contributed by atoms with Crippen molar-refractivity contribution in [1.29, 1.82) is 0 Å². The number of nitrogens with zero attached hydrogens (tertiary/aromatic N) is 5. The number of piperazine rings is 1. The summed E-state index contributed by atoms with van der Waals surface area (Å²) >= 11 is 6.80. The van der Waals surface area contributed by atoms with E-state index in [0.29, 0.717) is 49.1 Å². The van der Waals surface area contributed by atoms with E-state index < -0.39 is 14.9 Å². The van der Waals surface area contributed by atoms with E-state index in [2.05, 4.69) is 47.7 Å². The second-order valence-electron chi connectivity index (χ2n) is 7.61. The number of sulfonamides is 1. The molecule has 0 atom stereocenters. The van der Waals surface area contributed by atoms with E-state index in [1.807, 2.05) is 23.1 Å². The largest absolute Gasteiger partial charge is 0.368 e. The molecule has 0 bridgehead atoms. The van der Waals surface area contributed by atoms with Crippen LogP contribution in [0.5, 0.6) is 0 Å². The molecular formula is C22H25Br2N5O4S. The Kier molecular flexibility index (Phi) is 9.44. The Morgan fingerprint density at radius 2 is 1.82 bits per heavy atom. The maximum Gasteiger partial charge on any atom is 0.272 e. The van der Waals surface area contributed by atoms with Gasteiger partial charge in [-0.2, -0.15) is 4.31 Å². The van der Waals surface area contributed by atoms with Gasteiger partial charge in [-0.3, -0.25) is 20.0 Å². The van der Waals surface area contributed by atoms with Gasteiger partial charge in [0.1, 0.15) is 4.90 Å². The van der Waals surface area contributed by atoms with Gasteiger partial charge in [0.15, 0.2) is 0 Å². The Bertz CT molecular complexity index is 1140. The molecule has 0 unspecified atom stereocenters. The summed E-state index contributed by atoms with van der Waals surface area (Å²) in [5.41, 5.74) is 1.08. The zero-order valence-electron chi connectivity index (χ0n) is 18.4. The third-order valence-corrected chi connectivity index (χ3v) is 8.13. The summed E-state index contributed by atoms with van der Waals surface area (Å²) in [6, 6.07) is 8.09. The smallest absolute Gasteiger partial charge is 0.272 e. The number of anilines is 1. The third-order valence-electron chi connectivity index (χ3n) is 5.51. The summed E-state index contributed by atoms with van der Waals surface area (Å²) in [7, 11) is -4.04. The number of nitro groups is 1. The van der Waals surface area contributed by atoms with Crippen LogP contribution in [0.15, 0.2) is 41.4 Å². The molecule has 3 rings (SSSR count). The van der Waals surface area contributed by atoms with Gasteiger partial charge in [-0.15, -0.1) is 6.42 Å². The van der Waals surface area contributed by atoms with E-state index in [4.69, 9.17) is 6.42 Å². The number of terminal acetylenes is 1. The van der Waals surface area contributed by atoms with Crippen LogP contribution in [0.25, 0.3) is 0 Å². The molecular weight excluding hydrogens is 590 g/mol. The van der Waals surface area contributed by atoms with Crippen LogP contribution in [0.3, 0.4) is 0 Å². The van der Waals surface area contributed by atoms with E-state index in [9.17, 15) is 18.5 Å². The topological polar surface area (TPSA) is 99.9 Å². The van der Waals surface area contributed by atoms with Gasteiger partial charge in [-0.05, 0) is 12.1 Å². The Hall–Kier alpha value is -2.04. The zero-order chi connectivity index (χ0) is 24.7. The van der Waals surface area contributed by atoms with Crippen LogP contribution in [0.1, 0.15) is 11.3 Å². The van der Waals surface area contributed by atoms with E-state index in [0.717, 1.165) is 11.8 Å². The SMILES string of the molecule is C#Cc1cc([N+](=O)[O-])cc(S(=O)(=O)N2CCN(Cc3ccccn3)CC2)c1N(CCBr)CCBr. The van der Waals surface area contributed by atoms with Crippen molar-refractivity contribution in [1.82, 2.24) is 14.2 Å². The molecule has 1 saturated heterocycles. The predicted octanol–water partition coefficient (Wildman–Crippen LogP) is 3.07. The number of pyridine rings is 1. The molecule has 34 heavy (non-hydrogen) atoms. The van der Waals surface area contributed by atoms with Gasteiger partial charge in [0.2, 0.25) is 10.0 Å². The lowest BCUT2D eigenvalue weighted by Gasteiger charge is -2.35. The van der Waals surface area contributed by atoms with Crippen molar-refractivity contribution in [3.8, 4) is 12.3 Å². The molecule has 0 aliphatic carbocycles. The lowest BCUT2D eigenvalue weighted by molar-refractivity contribution is -0.385. The Morgan fingerprint density at radius 1 is 1.15 bits per heavy atom. The summed E-state index contributed by atoms with van der Waals surface area (Å²) in [4.78, 5) is 19.1. The number of hydrogen-bond acceptors (Lipinski definition) is 7. The Morgan fingerprint density at radius 3 is 2.35 bits per heavy atom. The average molecular weight is 615 g/mol. The van der Waals surface area contributed by atoms with Gasteiger partial charge < -0.3 is 4.90 Å². The van der Waals surface area contributed by atoms with E-state index >= 15 is 0 Å². The van der Waals surface area contributed by atoms with Crippen molar-refractivity contribution in [3.05, 3.63) is 57.9 Å². The van der Waals surface area contributed by atoms with Crippen LogP contribution in [-0.2, 0) is 16.6 Å². The molecule has 0 N–H and O–H groups in total. The first-order valence-electron chi connectivity index (χ1n) is 10.6. The molecule has 1 aromatic carbocycles. The summed E-state index contributed by atoms with van der Waals surface area (Å²) in [5, 5.41) is 12.7. The molecule has 1 fully saturated rings. The van der Waals surface area contributed by atoms with Gasteiger partial charge in [0.25, 0.3) is 5.69 Å². The van der Waals surface area contributed by atoms with Gasteiger partial charge in [-0.1, -0.05) is 43.8 Å². The van der Waals surface area contributed by atoms with Crippen molar-refractivity contribution in [2.75, 3.05) is 54.8 Å². The standard InChI is InChI=1S/C22H25Br2N5O4S/c1-2-18-15-20(29(30)31)16-21(22(18)27(9-6-23)10-7-24)34(32,33)28-13-11-26(12-14-28)17-19-5-3-4-8-25-19/h1,3-5,8,15-16H,6-7,9-14,17H2. The minimum Gasteiger partial charge on any atom is -0.368 e. The molecule has 12 heteroatoms. The molecule has 0 radical (unpaired) electrons. The second-order valence-corrected chi connectivity index (χ2v) is 11.1. The van der Waals surface area contributed by atoms with Gasteiger partial charge in [0.05, 0.1) is 21.9 Å². The highest BCUT2D eigenvalue weighted by Crippen LogP contribution is 2.36. The fourth-order valence-corrected chi connectivity index (χ4v) is 6.39. The van der Waals surface area contributed by atoms with Crippen LogP contribution in [0.2, 0.25) is 0 Å². The molecule has 1 aromatic heterocycles. The van der Waals surface area contributed by atoms with E-state index in [1.54, 1.807) is 6.20 Å². The van der Waals surface area contributed by atoms with Crippen molar-refractivity contribution in [2.45, 2.75) is 11.4 Å². The second kappa shape index (κ2) is 12.1. The highest BCUT2D eigenvalue weighted by Gasteiger charge is 2.34. The predicted molar refractivity (Wildman–Crippen MR) is 139 cm³/mol. The number of halogens is 2. The van der Waals surface area contributed by atoms with Crippen molar-refractivity contribution in [2.24, 2.45) is 0 Å². The fourth-order valence-electron chi connectivity index (χ4n) is 3.86. The van der Waals surface area contributed by atoms with E-state index in [1.165, 1.54) is 10.4 Å². The molecule has 182 valence electrons. The first-order chi connectivity index (χ1) is 16.3. The maximum atomic E-state index is 13.8. The number of alkyl halides is 2. The van der Waals surface area contributed by atoms with E-state index in [-0.39, 0.29) is 29.2 Å². The number of benzene rings is 1. The quantitative estimate of drug-likeness (QED) is 0.175. The van der Waals surface area contributed by atoms with Crippen molar-refractivity contribution >= 4 is 53.3 Å². The molecule has 2 aromatic rings. The lowest BCUT2D eigenvalue weighted by Crippen LogP contribution is -2.48. The molecule has 1 aliphatic rings. The minimum atomic E-state index is -4.04. The number of nitro benzene ring substituents is 1. The molecule has 1 aliphatic heterocycles. The van der Waals surface area contributed by atoms with Crippen LogP contribution >= 0.6 is 31.9 Å². The van der Waals surface area contributed by atoms with Gasteiger partial charge in [-0.25, -0.2) is 8.42 Å². The molecule has 9 nitrogen and oxygen atoms in total. The summed E-state index contributed by atoms with van der Waals surface area (Å²) in [6.45, 7) is 3.17. The normalized spacial score (nSPS) is 15.1. The third kappa shape index (κ3) is 6.14. The summed E-state index contributed by atoms with van der Waals surface area (Å²) in [6.07, 6.45) is 7.42. The molecule has 0 spiro atoms. The lowest BCUT2D eigenvalue weighted by atomic mass is 10.1. The highest BCUT2D eigenvalue weighted by molar-refractivity contribution is 9.09. The number of non-ortho nitro benzene ring substituents is 1. The van der Waals surface area contributed by atoms with Crippen LogP contribution in [0.4, 0.5) is 11.4 Å². The number of rotatable bonds is 10. The van der Waals surface area contributed by atoms with Crippen LogP contribution in [-0.4, -0.2) is 77.5 Å². The molecule has 0 amide bonds. The summed E-state index contributed by atoms with van der Waals surface area (Å²) in [5.74, 6) is 2.46. The minimum absolute atomic E-state index is 0.130. The number of aromatic nitrogens is 1. The van der Waals surface area contributed by atoms with Crippen LogP contribution < -0.4 is 4.90 Å². The average Bonchev–Trinajstić information content (AvgIpc) is 2.84. The monoisotopic (exact) mass is 613 g/mol. The highest BCUT2D eigenvalue weighted by atomic mass is 79.9. The zero-order valence-corrected chi connectivity index (χ0v) is 22.4. The maximum absolute atomic E-state index is 13.8. The molecule has 0 saturated carbocycles. The van der Waals surface area contributed by atoms with Crippen molar-refractivity contribution in [3.63, 3.8) is 0 Å². The Labute approximate surface area is 216 Å². The fraction of sp³-hybridized carbons (Fsp3) is 0.409. The number of hydrogen-bond donors (Lipinski definition) is 0. The Balaban J connectivity index is 1.95. The first-order valence-corrected chi connectivity index (χ1v) is 14.3. The van der Waals surface area contributed by atoms with Gasteiger partial charge >= 0.3 is 0 Å². The van der Waals surface area contributed by atoms with Crippen LogP contribution in [0, 0.1) is 22.5 Å². The molecule has 2 heterocycles. The first kappa shape index (κ1) is 26.6.